The maximum Gasteiger partial charge on any atom is 0.264 e. The largest absolute Gasteiger partial charge is 0.352 e. The first-order valence-electron chi connectivity index (χ1n) is 14.6. The number of carbonyl (C=O) groups excluding carboxylic acids is 2. The summed E-state index contributed by atoms with van der Waals surface area (Å²) >= 11 is 6.04. The van der Waals surface area contributed by atoms with Crippen LogP contribution in [0.2, 0.25) is 5.02 Å². The molecule has 0 unspecified atom stereocenters. The minimum Gasteiger partial charge on any atom is -0.352 e. The Kier molecular flexibility index (Phi) is 10.7. The third kappa shape index (κ3) is 7.72. The van der Waals surface area contributed by atoms with E-state index < -0.39 is 28.5 Å². The Balaban J connectivity index is 1.69. The lowest BCUT2D eigenvalue weighted by Gasteiger charge is -2.34. The van der Waals surface area contributed by atoms with Gasteiger partial charge in [0.05, 0.1) is 10.6 Å². The van der Waals surface area contributed by atoms with Crippen LogP contribution in [0.15, 0.2) is 77.7 Å². The summed E-state index contributed by atoms with van der Waals surface area (Å²) in [6, 6.07) is 20.4. The molecule has 0 radical (unpaired) electrons. The third-order valence-corrected chi connectivity index (χ3v) is 10.1. The van der Waals surface area contributed by atoms with Crippen LogP contribution in [0.4, 0.5) is 5.69 Å². The third-order valence-electron chi connectivity index (χ3n) is 8.03. The average molecular weight is 610 g/mol. The van der Waals surface area contributed by atoms with Crippen molar-refractivity contribution >= 4 is 39.1 Å². The number of hydrogen-bond acceptors (Lipinski definition) is 4. The Bertz CT molecular complexity index is 1470. The standard InChI is InChI=1S/C33H40ClN3O4S/c1-4-31(33(39)35-28-12-8-9-13-28)36(21-20-26-10-6-5-7-11-26)32(38)23-37(29-17-14-24(2)25(3)22-29)42(40,41)30-18-15-27(34)16-19-30/h5-7,10-11,14-19,22,28,31H,4,8-9,12-13,20-21,23H2,1-3H3,(H,35,39)/t31-/m1/s1. The summed E-state index contributed by atoms with van der Waals surface area (Å²) < 4.78 is 29.2. The number of aryl methyl sites for hydroxylation is 2. The molecular weight excluding hydrogens is 570 g/mol. The molecule has 7 nitrogen and oxygen atoms in total. The van der Waals surface area contributed by atoms with E-state index in [1.165, 1.54) is 24.3 Å². The topological polar surface area (TPSA) is 86.8 Å². The summed E-state index contributed by atoms with van der Waals surface area (Å²) in [6.45, 7) is 5.56. The first-order valence-corrected chi connectivity index (χ1v) is 16.4. The number of carbonyl (C=O) groups is 2. The minimum atomic E-state index is -4.14. The average Bonchev–Trinajstić information content (AvgIpc) is 3.49. The van der Waals surface area contributed by atoms with Crippen LogP contribution in [0, 0.1) is 13.8 Å². The predicted molar refractivity (Wildman–Crippen MR) is 168 cm³/mol. The van der Waals surface area contributed by atoms with Crippen LogP contribution in [0.1, 0.15) is 55.7 Å². The quantitative estimate of drug-likeness (QED) is 0.270. The second-order valence-electron chi connectivity index (χ2n) is 11.0. The van der Waals surface area contributed by atoms with Gasteiger partial charge in [0, 0.05) is 17.6 Å². The number of anilines is 1. The molecule has 0 heterocycles. The van der Waals surface area contributed by atoms with E-state index in [1.54, 1.807) is 17.0 Å². The Morgan fingerprint density at radius 2 is 1.62 bits per heavy atom. The van der Waals surface area contributed by atoms with Crippen molar-refractivity contribution in [2.24, 2.45) is 0 Å². The first-order chi connectivity index (χ1) is 20.1. The summed E-state index contributed by atoms with van der Waals surface area (Å²) in [6.07, 6.45) is 4.96. The fourth-order valence-corrected chi connectivity index (χ4v) is 6.94. The van der Waals surface area contributed by atoms with Crippen molar-refractivity contribution in [3.8, 4) is 0 Å². The Labute approximate surface area is 254 Å². The van der Waals surface area contributed by atoms with Gasteiger partial charge in [-0.1, -0.05) is 67.8 Å². The van der Waals surface area contributed by atoms with E-state index in [1.807, 2.05) is 57.2 Å². The molecule has 1 fully saturated rings. The number of hydrogen-bond donors (Lipinski definition) is 1. The van der Waals surface area contributed by atoms with Crippen LogP contribution < -0.4 is 9.62 Å². The van der Waals surface area contributed by atoms with Gasteiger partial charge >= 0.3 is 0 Å². The van der Waals surface area contributed by atoms with E-state index in [-0.39, 0.29) is 23.4 Å². The van der Waals surface area contributed by atoms with E-state index in [9.17, 15) is 18.0 Å². The van der Waals surface area contributed by atoms with E-state index in [0.717, 1.165) is 46.7 Å². The van der Waals surface area contributed by atoms with E-state index in [4.69, 9.17) is 11.6 Å². The monoisotopic (exact) mass is 609 g/mol. The van der Waals surface area contributed by atoms with Crippen molar-refractivity contribution in [2.45, 2.75) is 76.3 Å². The van der Waals surface area contributed by atoms with Gasteiger partial charge in [0.2, 0.25) is 11.8 Å². The van der Waals surface area contributed by atoms with Gasteiger partial charge in [0.25, 0.3) is 10.0 Å². The molecule has 2 amide bonds. The maximum absolute atomic E-state index is 14.2. The number of benzene rings is 3. The van der Waals surface area contributed by atoms with Crippen molar-refractivity contribution < 1.29 is 18.0 Å². The highest BCUT2D eigenvalue weighted by atomic mass is 35.5. The van der Waals surface area contributed by atoms with Crippen molar-refractivity contribution in [1.29, 1.82) is 0 Å². The lowest BCUT2D eigenvalue weighted by molar-refractivity contribution is -0.139. The van der Waals surface area contributed by atoms with E-state index in [2.05, 4.69) is 5.32 Å². The highest BCUT2D eigenvalue weighted by Crippen LogP contribution is 2.27. The predicted octanol–water partition coefficient (Wildman–Crippen LogP) is 6.06. The second-order valence-corrected chi connectivity index (χ2v) is 13.3. The smallest absolute Gasteiger partial charge is 0.264 e. The summed E-state index contributed by atoms with van der Waals surface area (Å²) in [5, 5.41) is 3.56. The molecule has 3 aromatic carbocycles. The molecule has 42 heavy (non-hydrogen) atoms. The molecule has 0 aliphatic heterocycles. The molecule has 9 heteroatoms. The summed E-state index contributed by atoms with van der Waals surface area (Å²) in [4.78, 5) is 29.3. The molecule has 1 N–H and O–H groups in total. The zero-order valence-electron chi connectivity index (χ0n) is 24.6. The van der Waals surface area contributed by atoms with Crippen molar-refractivity contribution in [1.82, 2.24) is 10.2 Å². The number of rotatable bonds is 12. The molecule has 1 aliphatic rings. The molecule has 0 saturated heterocycles. The van der Waals surface area contributed by atoms with Gasteiger partial charge in [-0.2, -0.15) is 0 Å². The lowest BCUT2D eigenvalue weighted by Crippen LogP contribution is -2.54. The molecule has 3 aromatic rings. The van der Waals surface area contributed by atoms with Crippen LogP contribution in [0.25, 0.3) is 0 Å². The second kappa shape index (κ2) is 14.2. The molecular formula is C33H40ClN3O4S. The van der Waals surface area contributed by atoms with E-state index in [0.29, 0.717) is 23.6 Å². The Hall–Kier alpha value is -3.36. The van der Waals surface area contributed by atoms with Crippen molar-refractivity contribution in [2.75, 3.05) is 17.4 Å². The Morgan fingerprint density at radius 1 is 0.952 bits per heavy atom. The highest BCUT2D eigenvalue weighted by Gasteiger charge is 2.34. The Morgan fingerprint density at radius 3 is 2.24 bits per heavy atom. The number of amides is 2. The van der Waals surface area contributed by atoms with Gasteiger partial charge in [-0.3, -0.25) is 13.9 Å². The van der Waals surface area contributed by atoms with Crippen LogP contribution >= 0.6 is 11.6 Å². The lowest BCUT2D eigenvalue weighted by atomic mass is 10.1. The molecule has 0 bridgehead atoms. The van der Waals surface area contributed by atoms with E-state index >= 15 is 0 Å². The molecule has 224 valence electrons. The zero-order valence-corrected chi connectivity index (χ0v) is 26.1. The molecule has 0 spiro atoms. The van der Waals surface area contributed by atoms with Crippen molar-refractivity contribution in [3.63, 3.8) is 0 Å². The minimum absolute atomic E-state index is 0.0276. The van der Waals surface area contributed by atoms with Crippen molar-refractivity contribution in [3.05, 3.63) is 94.5 Å². The molecule has 1 aliphatic carbocycles. The first kappa shape index (κ1) is 31.6. The highest BCUT2D eigenvalue weighted by molar-refractivity contribution is 7.92. The molecule has 0 aromatic heterocycles. The van der Waals surface area contributed by atoms with Crippen LogP contribution in [-0.4, -0.2) is 50.3 Å². The summed E-state index contributed by atoms with van der Waals surface area (Å²) in [7, 11) is -4.14. The van der Waals surface area contributed by atoms with Crippen LogP contribution in [-0.2, 0) is 26.0 Å². The van der Waals surface area contributed by atoms with Gasteiger partial charge in [0.15, 0.2) is 0 Å². The molecule has 1 atom stereocenters. The number of halogens is 1. The molecule has 1 saturated carbocycles. The summed E-state index contributed by atoms with van der Waals surface area (Å²) in [5.74, 6) is -0.626. The SMILES string of the molecule is CC[C@H](C(=O)NC1CCCC1)N(CCc1ccccc1)C(=O)CN(c1ccc(C)c(C)c1)S(=O)(=O)c1ccc(Cl)cc1. The number of nitrogens with zero attached hydrogens (tertiary/aromatic N) is 2. The van der Waals surface area contributed by atoms with Gasteiger partial charge in [-0.05, 0) is 92.6 Å². The van der Waals surface area contributed by atoms with Gasteiger partial charge in [0.1, 0.15) is 12.6 Å². The van der Waals surface area contributed by atoms with Crippen LogP contribution in [0.3, 0.4) is 0 Å². The maximum atomic E-state index is 14.2. The molecule has 4 rings (SSSR count). The zero-order chi connectivity index (χ0) is 30.3. The van der Waals surface area contributed by atoms with Gasteiger partial charge < -0.3 is 10.2 Å². The fourth-order valence-electron chi connectivity index (χ4n) is 5.41. The number of sulfonamides is 1. The van der Waals surface area contributed by atoms with Gasteiger partial charge in [-0.25, -0.2) is 8.42 Å². The fraction of sp³-hybridized carbons (Fsp3) is 0.394. The van der Waals surface area contributed by atoms with Gasteiger partial charge in [-0.15, -0.1) is 0 Å². The number of nitrogens with one attached hydrogen (secondary N) is 1. The van der Waals surface area contributed by atoms with Crippen LogP contribution in [0.5, 0.6) is 0 Å². The normalized spacial score (nSPS) is 14.4. The summed E-state index contributed by atoms with van der Waals surface area (Å²) in [5.41, 5.74) is 3.32.